The molecule has 3 aliphatic heterocycles. The van der Waals surface area contributed by atoms with Gasteiger partial charge in [-0.15, -0.1) is 0 Å². The van der Waals surface area contributed by atoms with Crippen LogP contribution in [-0.4, -0.2) is 63.8 Å². The van der Waals surface area contributed by atoms with Crippen molar-refractivity contribution in [3.8, 4) is 0 Å². The molecule has 0 aromatic heterocycles. The van der Waals surface area contributed by atoms with Gasteiger partial charge >= 0.3 is 6.03 Å². The van der Waals surface area contributed by atoms with Gasteiger partial charge in [-0.3, -0.25) is 14.5 Å². The molecule has 0 spiro atoms. The van der Waals surface area contributed by atoms with Gasteiger partial charge < -0.3 is 9.80 Å². The van der Waals surface area contributed by atoms with Crippen LogP contribution in [0.3, 0.4) is 0 Å². The van der Waals surface area contributed by atoms with E-state index >= 15 is 0 Å². The lowest BCUT2D eigenvalue weighted by molar-refractivity contribution is -0.134. The van der Waals surface area contributed by atoms with Crippen molar-refractivity contribution in [2.75, 3.05) is 19.6 Å². The fourth-order valence-electron chi connectivity index (χ4n) is 4.35. The van der Waals surface area contributed by atoms with E-state index in [1.165, 1.54) is 4.90 Å². The molecule has 0 N–H and O–H groups in total. The van der Waals surface area contributed by atoms with Crippen LogP contribution < -0.4 is 0 Å². The van der Waals surface area contributed by atoms with E-state index in [0.29, 0.717) is 32.5 Å². The lowest BCUT2D eigenvalue weighted by Gasteiger charge is -2.23. The molecule has 1 aromatic carbocycles. The van der Waals surface area contributed by atoms with Crippen LogP contribution in [0, 0.1) is 0 Å². The number of amides is 4. The number of fused-ring (bicyclic) bond motifs is 1. The first-order valence-electron chi connectivity index (χ1n) is 8.98. The Morgan fingerprint density at radius 2 is 1.96 bits per heavy atom. The topological polar surface area (TPSA) is 60.9 Å². The van der Waals surface area contributed by atoms with Gasteiger partial charge in [0.2, 0.25) is 5.91 Å². The minimum atomic E-state index is -0.668. The highest BCUT2D eigenvalue weighted by atomic mass is 16.2. The molecular formula is C19H23N3O3. The van der Waals surface area contributed by atoms with Gasteiger partial charge in [0.05, 0.1) is 12.5 Å². The Morgan fingerprint density at radius 3 is 2.68 bits per heavy atom. The molecule has 6 heteroatoms. The van der Waals surface area contributed by atoms with Crippen LogP contribution in [0.4, 0.5) is 4.79 Å². The van der Waals surface area contributed by atoms with E-state index in [2.05, 4.69) is 0 Å². The van der Waals surface area contributed by atoms with Crippen molar-refractivity contribution >= 4 is 17.8 Å². The number of nitrogens with zero attached hydrogens (tertiary/aromatic N) is 3. The van der Waals surface area contributed by atoms with Crippen molar-refractivity contribution in [1.29, 1.82) is 0 Å². The summed E-state index contributed by atoms with van der Waals surface area (Å²) >= 11 is 0. The van der Waals surface area contributed by atoms with Crippen LogP contribution >= 0.6 is 0 Å². The minimum Gasteiger partial charge on any atom is -0.340 e. The van der Waals surface area contributed by atoms with Gasteiger partial charge in [-0.25, -0.2) is 4.79 Å². The Labute approximate surface area is 147 Å². The minimum absolute atomic E-state index is 0.0551. The molecule has 3 heterocycles. The number of rotatable bonds is 3. The molecule has 1 aromatic rings. The van der Waals surface area contributed by atoms with Crippen molar-refractivity contribution in [2.45, 2.75) is 44.2 Å². The summed E-state index contributed by atoms with van der Waals surface area (Å²) in [6.07, 6.45) is 2.65. The highest BCUT2D eigenvalue weighted by molar-refractivity contribution is 6.07. The number of urea groups is 1. The Kier molecular flexibility index (Phi) is 3.78. The number of carbonyl (C=O) groups excluding carboxylic acids is 3. The van der Waals surface area contributed by atoms with E-state index in [1.54, 1.807) is 9.80 Å². The molecule has 2 atom stereocenters. The van der Waals surface area contributed by atoms with Crippen LogP contribution in [0.2, 0.25) is 0 Å². The summed E-state index contributed by atoms with van der Waals surface area (Å²) in [6.45, 7) is 3.58. The number of likely N-dealkylation sites (tertiary alicyclic amines) is 1. The standard InChI is InChI=1S/C19H23N3O3/c1-19-9-5-10-21(19)18(25)22(17(19)24)15-8-11-20(13-15)16(23)12-14-6-3-2-4-7-14/h2-4,6-7,15H,5,8-13H2,1H3/t15-,19+/m1/s1. The maximum absolute atomic E-state index is 12.8. The largest absolute Gasteiger partial charge is 0.340 e. The van der Waals surface area contributed by atoms with Crippen LogP contribution in [0.25, 0.3) is 0 Å². The summed E-state index contributed by atoms with van der Waals surface area (Å²) in [7, 11) is 0. The Morgan fingerprint density at radius 1 is 1.20 bits per heavy atom. The number of hydrogen-bond donors (Lipinski definition) is 0. The number of hydrogen-bond acceptors (Lipinski definition) is 3. The normalized spacial score (nSPS) is 28.8. The summed E-state index contributed by atoms with van der Waals surface area (Å²) in [5.74, 6) is -0.0307. The molecule has 4 rings (SSSR count). The molecule has 4 amide bonds. The van der Waals surface area contributed by atoms with E-state index in [4.69, 9.17) is 0 Å². The second-order valence-corrected chi connectivity index (χ2v) is 7.43. The van der Waals surface area contributed by atoms with Crippen LogP contribution in [-0.2, 0) is 16.0 Å². The highest BCUT2D eigenvalue weighted by Crippen LogP contribution is 2.39. The van der Waals surface area contributed by atoms with E-state index < -0.39 is 5.54 Å². The number of carbonyl (C=O) groups is 3. The summed E-state index contributed by atoms with van der Waals surface area (Å²) < 4.78 is 0. The number of imide groups is 1. The predicted molar refractivity (Wildman–Crippen MR) is 91.7 cm³/mol. The molecule has 0 bridgehead atoms. The molecular weight excluding hydrogens is 318 g/mol. The zero-order chi connectivity index (χ0) is 17.6. The fourth-order valence-corrected chi connectivity index (χ4v) is 4.35. The molecule has 3 fully saturated rings. The van der Waals surface area contributed by atoms with Gasteiger partial charge in [-0.05, 0) is 31.7 Å². The molecule has 132 valence electrons. The molecule has 6 nitrogen and oxygen atoms in total. The Balaban J connectivity index is 1.43. The predicted octanol–water partition coefficient (Wildman–Crippen LogP) is 1.65. The van der Waals surface area contributed by atoms with Gasteiger partial charge in [-0.1, -0.05) is 30.3 Å². The monoisotopic (exact) mass is 341 g/mol. The first kappa shape index (κ1) is 16.1. The molecule has 0 unspecified atom stereocenters. The van der Waals surface area contributed by atoms with Crippen LogP contribution in [0.15, 0.2) is 30.3 Å². The molecule has 25 heavy (non-hydrogen) atoms. The molecule has 3 saturated heterocycles. The smallest absolute Gasteiger partial charge is 0.327 e. The molecule has 3 aliphatic rings. The van der Waals surface area contributed by atoms with Crippen molar-refractivity contribution in [1.82, 2.24) is 14.7 Å². The summed E-state index contributed by atoms with van der Waals surface area (Å²) in [5, 5.41) is 0. The first-order valence-corrected chi connectivity index (χ1v) is 8.98. The lowest BCUT2D eigenvalue weighted by Crippen LogP contribution is -2.45. The van der Waals surface area contributed by atoms with E-state index in [9.17, 15) is 14.4 Å². The van der Waals surface area contributed by atoms with Crippen molar-refractivity contribution in [3.63, 3.8) is 0 Å². The Bertz CT molecular complexity index is 720. The lowest BCUT2D eigenvalue weighted by atomic mass is 9.99. The molecule has 0 saturated carbocycles. The third kappa shape index (κ3) is 2.51. The van der Waals surface area contributed by atoms with Gasteiger partial charge in [0, 0.05) is 19.6 Å². The average molecular weight is 341 g/mol. The third-order valence-electron chi connectivity index (χ3n) is 5.84. The third-order valence-corrected chi connectivity index (χ3v) is 5.84. The number of benzene rings is 1. The van der Waals surface area contributed by atoms with Crippen molar-refractivity contribution in [2.24, 2.45) is 0 Å². The SMILES string of the molecule is C[C@@]12CCCN1C(=O)N([C@@H]1CCN(C(=O)Cc3ccccc3)C1)C2=O. The molecule has 0 radical (unpaired) electrons. The highest BCUT2D eigenvalue weighted by Gasteiger charge is 2.58. The van der Waals surface area contributed by atoms with E-state index in [-0.39, 0.29) is 23.9 Å². The van der Waals surface area contributed by atoms with E-state index in [1.807, 2.05) is 37.3 Å². The van der Waals surface area contributed by atoms with Gasteiger partial charge in [0.15, 0.2) is 0 Å². The van der Waals surface area contributed by atoms with Crippen LogP contribution in [0.1, 0.15) is 31.7 Å². The average Bonchev–Trinajstić information content (AvgIpc) is 3.27. The maximum Gasteiger partial charge on any atom is 0.327 e. The van der Waals surface area contributed by atoms with Gasteiger partial charge in [-0.2, -0.15) is 0 Å². The van der Waals surface area contributed by atoms with Gasteiger partial charge in [0.25, 0.3) is 5.91 Å². The van der Waals surface area contributed by atoms with Crippen LogP contribution in [0.5, 0.6) is 0 Å². The summed E-state index contributed by atoms with van der Waals surface area (Å²) in [5.41, 5.74) is 0.316. The van der Waals surface area contributed by atoms with Gasteiger partial charge in [0.1, 0.15) is 5.54 Å². The zero-order valence-electron chi connectivity index (χ0n) is 14.5. The second-order valence-electron chi connectivity index (χ2n) is 7.43. The van der Waals surface area contributed by atoms with Crippen molar-refractivity contribution < 1.29 is 14.4 Å². The van der Waals surface area contributed by atoms with E-state index in [0.717, 1.165) is 18.4 Å². The Hall–Kier alpha value is -2.37. The zero-order valence-corrected chi connectivity index (χ0v) is 14.5. The van der Waals surface area contributed by atoms with Crippen molar-refractivity contribution in [3.05, 3.63) is 35.9 Å². The quantitative estimate of drug-likeness (QED) is 0.786. The summed E-state index contributed by atoms with van der Waals surface area (Å²) in [4.78, 5) is 43.0. The maximum atomic E-state index is 12.8. The molecule has 0 aliphatic carbocycles. The summed E-state index contributed by atoms with van der Waals surface area (Å²) in [6, 6.07) is 9.28. The fraction of sp³-hybridized carbons (Fsp3) is 0.526. The second kappa shape index (κ2) is 5.86. The first-order chi connectivity index (χ1) is 12.0.